The Morgan fingerprint density at radius 2 is 2.07 bits per heavy atom. The summed E-state index contributed by atoms with van der Waals surface area (Å²) < 4.78 is 41.1. The van der Waals surface area contributed by atoms with Crippen LogP contribution in [0, 0.1) is 0 Å². The molecule has 0 unspecified atom stereocenters. The number of amides is 2. The number of nitrogens with zero attached hydrogens (tertiary/aromatic N) is 4. The molecule has 0 spiro atoms. The van der Waals surface area contributed by atoms with Crippen LogP contribution in [0.4, 0.5) is 13.2 Å². The molecule has 152 valence electrons. The van der Waals surface area contributed by atoms with E-state index >= 15 is 0 Å². The van der Waals surface area contributed by atoms with Crippen LogP contribution in [0.1, 0.15) is 35.8 Å². The normalized spacial score (nSPS) is 15.6. The van der Waals surface area contributed by atoms with Crippen LogP contribution in [-0.4, -0.2) is 57.2 Å². The summed E-state index contributed by atoms with van der Waals surface area (Å²) in [6, 6.07) is 0.878. The fourth-order valence-electron chi connectivity index (χ4n) is 3.05. The van der Waals surface area contributed by atoms with Crippen molar-refractivity contribution < 1.29 is 22.8 Å². The Labute approximate surface area is 172 Å². The van der Waals surface area contributed by atoms with E-state index in [0.717, 1.165) is 23.3 Å². The number of halogens is 5. The average Bonchev–Trinajstić information content (AvgIpc) is 2.95. The molecular weight excluding hydrogens is 465 g/mol. The minimum Gasteiger partial charge on any atom is -0.339 e. The average molecular weight is 482 g/mol. The van der Waals surface area contributed by atoms with Crippen LogP contribution in [0.5, 0.6) is 0 Å². The van der Waals surface area contributed by atoms with Gasteiger partial charge in [0, 0.05) is 30.3 Å². The minimum absolute atomic E-state index is 0.144. The largest absolute Gasteiger partial charge is 0.420 e. The molecule has 28 heavy (non-hydrogen) atoms. The molecule has 0 aromatic carbocycles. The van der Waals surface area contributed by atoms with Crippen molar-refractivity contribution in [3.63, 3.8) is 0 Å². The first-order chi connectivity index (χ1) is 13.1. The molecule has 1 aliphatic heterocycles. The van der Waals surface area contributed by atoms with E-state index in [-0.39, 0.29) is 34.3 Å². The molecule has 2 aromatic heterocycles. The number of imidazole rings is 1. The maximum absolute atomic E-state index is 13.3. The van der Waals surface area contributed by atoms with Gasteiger partial charge in [-0.25, -0.2) is 4.98 Å². The van der Waals surface area contributed by atoms with Gasteiger partial charge in [-0.15, -0.1) is 0 Å². The van der Waals surface area contributed by atoms with E-state index < -0.39 is 23.3 Å². The van der Waals surface area contributed by atoms with Gasteiger partial charge in [0.2, 0.25) is 5.91 Å². The van der Waals surface area contributed by atoms with Crippen molar-refractivity contribution in [1.82, 2.24) is 19.2 Å². The van der Waals surface area contributed by atoms with Crippen LogP contribution in [0.25, 0.3) is 5.65 Å². The fourth-order valence-corrected chi connectivity index (χ4v) is 3.73. The summed E-state index contributed by atoms with van der Waals surface area (Å²) in [4.78, 5) is 31.9. The molecule has 11 heteroatoms. The fraction of sp³-hybridized carbons (Fsp3) is 0.471. The summed E-state index contributed by atoms with van der Waals surface area (Å²) in [6.07, 6.45) is -1.54. The second kappa shape index (κ2) is 7.90. The van der Waals surface area contributed by atoms with Crippen LogP contribution < -0.4 is 0 Å². The highest BCUT2D eigenvalue weighted by molar-refractivity contribution is 9.10. The zero-order chi connectivity index (χ0) is 20.6. The molecule has 0 bridgehead atoms. The molecule has 1 saturated heterocycles. The summed E-state index contributed by atoms with van der Waals surface area (Å²) in [5.74, 6) is -0.867. The van der Waals surface area contributed by atoms with Gasteiger partial charge in [0.15, 0.2) is 11.3 Å². The number of carbonyl (C=O) groups excluding carboxylic acids is 2. The third kappa shape index (κ3) is 3.98. The molecule has 0 aliphatic carbocycles. The van der Waals surface area contributed by atoms with Gasteiger partial charge in [-0.2, -0.15) is 13.2 Å². The van der Waals surface area contributed by atoms with Gasteiger partial charge in [0.25, 0.3) is 5.91 Å². The zero-order valence-corrected chi connectivity index (χ0v) is 17.2. The first kappa shape index (κ1) is 20.9. The van der Waals surface area contributed by atoms with Crippen LogP contribution in [-0.2, 0) is 11.0 Å². The van der Waals surface area contributed by atoms with E-state index in [9.17, 15) is 22.8 Å². The van der Waals surface area contributed by atoms with Gasteiger partial charge in [-0.3, -0.25) is 14.0 Å². The van der Waals surface area contributed by atoms with E-state index in [4.69, 9.17) is 11.6 Å². The Morgan fingerprint density at radius 1 is 1.36 bits per heavy atom. The zero-order valence-electron chi connectivity index (χ0n) is 14.9. The molecular formula is C17H17BrClF3N4O2. The predicted molar refractivity (Wildman–Crippen MR) is 100 cm³/mol. The quantitative estimate of drug-likeness (QED) is 0.666. The number of hydrogen-bond acceptors (Lipinski definition) is 3. The molecule has 1 aliphatic rings. The number of fused-ring (bicyclic) bond motifs is 1. The van der Waals surface area contributed by atoms with Gasteiger partial charge in [-0.05, 0) is 28.4 Å². The summed E-state index contributed by atoms with van der Waals surface area (Å²) in [5.41, 5.74) is -1.78. The van der Waals surface area contributed by atoms with E-state index in [1.54, 1.807) is 4.90 Å². The van der Waals surface area contributed by atoms with E-state index in [1.165, 1.54) is 11.1 Å². The number of aromatic nitrogens is 2. The number of alkyl halides is 3. The first-order valence-electron chi connectivity index (χ1n) is 8.64. The predicted octanol–water partition coefficient (Wildman–Crippen LogP) is 3.85. The number of unbranched alkanes of at least 4 members (excludes halogenated alkanes) is 1. The van der Waals surface area contributed by atoms with Crippen molar-refractivity contribution in [2.45, 2.75) is 25.9 Å². The van der Waals surface area contributed by atoms with Gasteiger partial charge in [-0.1, -0.05) is 24.9 Å². The first-order valence-corrected chi connectivity index (χ1v) is 9.82. The van der Waals surface area contributed by atoms with Crippen LogP contribution in [0.2, 0.25) is 5.15 Å². The molecule has 0 radical (unpaired) electrons. The molecule has 6 nitrogen and oxygen atoms in total. The SMILES string of the molecule is CCCCN1CCN(C(=O)c2nc3c(C(F)(F)F)cc(Br)cn3c2Cl)CC1=O. The molecule has 0 atom stereocenters. The van der Waals surface area contributed by atoms with Crippen molar-refractivity contribution in [2.24, 2.45) is 0 Å². The third-order valence-corrected chi connectivity index (χ3v) is 5.32. The van der Waals surface area contributed by atoms with Crippen molar-refractivity contribution in [3.05, 3.63) is 33.1 Å². The molecule has 2 amide bonds. The highest BCUT2D eigenvalue weighted by Gasteiger charge is 2.37. The summed E-state index contributed by atoms with van der Waals surface area (Å²) >= 11 is 9.18. The monoisotopic (exact) mass is 480 g/mol. The Bertz CT molecular complexity index is 931. The van der Waals surface area contributed by atoms with Crippen LogP contribution >= 0.6 is 27.5 Å². The molecule has 1 fully saturated rings. The molecule has 3 heterocycles. The topological polar surface area (TPSA) is 57.9 Å². The van der Waals surface area contributed by atoms with Crippen LogP contribution in [0.3, 0.4) is 0 Å². The smallest absolute Gasteiger partial charge is 0.339 e. The van der Waals surface area contributed by atoms with Gasteiger partial charge >= 0.3 is 6.18 Å². The highest BCUT2D eigenvalue weighted by atomic mass is 79.9. The summed E-state index contributed by atoms with van der Waals surface area (Å²) in [6.45, 7) is 3.13. The van der Waals surface area contributed by atoms with Crippen molar-refractivity contribution in [3.8, 4) is 0 Å². The Kier molecular flexibility index (Phi) is 5.90. The van der Waals surface area contributed by atoms with Crippen molar-refractivity contribution >= 4 is 45.0 Å². The second-order valence-corrected chi connectivity index (χ2v) is 7.75. The number of pyridine rings is 1. The number of hydrogen-bond donors (Lipinski definition) is 0. The Hall–Kier alpha value is -1.81. The van der Waals surface area contributed by atoms with Gasteiger partial charge in [0.05, 0.1) is 5.56 Å². The van der Waals surface area contributed by atoms with Gasteiger partial charge < -0.3 is 9.80 Å². The molecule has 2 aromatic rings. The highest BCUT2D eigenvalue weighted by Crippen LogP contribution is 2.36. The molecule has 3 rings (SSSR count). The lowest BCUT2D eigenvalue weighted by Crippen LogP contribution is -2.52. The number of rotatable bonds is 4. The second-order valence-electron chi connectivity index (χ2n) is 6.48. The van der Waals surface area contributed by atoms with Gasteiger partial charge in [0.1, 0.15) is 11.7 Å². The molecule has 0 saturated carbocycles. The lowest BCUT2D eigenvalue weighted by molar-refractivity contribution is -0.137. The Morgan fingerprint density at radius 3 is 2.68 bits per heavy atom. The standard InChI is InChI=1S/C17H17BrClF3N4O2/c1-2-3-4-24-5-6-25(9-12(24)27)16(28)13-14(19)26-8-10(18)7-11(15(26)23-13)17(20,21)22/h7-8H,2-6,9H2,1H3. The number of piperazine rings is 1. The van der Waals surface area contributed by atoms with E-state index in [0.29, 0.717) is 13.1 Å². The summed E-state index contributed by atoms with van der Waals surface area (Å²) in [7, 11) is 0. The lowest BCUT2D eigenvalue weighted by Gasteiger charge is -2.34. The third-order valence-electron chi connectivity index (χ3n) is 4.52. The maximum Gasteiger partial charge on any atom is 0.420 e. The molecule has 0 N–H and O–H groups in total. The number of carbonyl (C=O) groups is 2. The van der Waals surface area contributed by atoms with Crippen molar-refractivity contribution in [1.29, 1.82) is 0 Å². The Balaban J connectivity index is 1.91. The maximum atomic E-state index is 13.3. The van der Waals surface area contributed by atoms with Crippen LogP contribution in [0.15, 0.2) is 16.7 Å². The summed E-state index contributed by atoms with van der Waals surface area (Å²) in [5, 5.41) is -0.229. The van der Waals surface area contributed by atoms with Crippen molar-refractivity contribution in [2.75, 3.05) is 26.2 Å². The lowest BCUT2D eigenvalue weighted by atomic mass is 10.2. The van der Waals surface area contributed by atoms with E-state index in [2.05, 4.69) is 20.9 Å². The minimum atomic E-state index is -4.67. The van der Waals surface area contributed by atoms with E-state index in [1.807, 2.05) is 6.92 Å².